The number of aryl methyl sites for hydroxylation is 1. The summed E-state index contributed by atoms with van der Waals surface area (Å²) in [6.45, 7) is 1.84. The van der Waals surface area contributed by atoms with Crippen LogP contribution < -0.4 is 5.46 Å². The summed E-state index contributed by atoms with van der Waals surface area (Å²) in [4.78, 5) is 10.1. The average molecular weight is 180 g/mol. The van der Waals surface area contributed by atoms with Gasteiger partial charge in [-0.2, -0.15) is 0 Å². The second-order valence-corrected chi connectivity index (χ2v) is 2.65. The molecule has 1 rings (SSSR count). The number of hydrogen-bond acceptors (Lipinski definition) is 3. The van der Waals surface area contributed by atoms with Crippen molar-refractivity contribution in [2.45, 2.75) is 6.92 Å². The molecule has 0 aliphatic heterocycles. The fourth-order valence-corrected chi connectivity index (χ4v) is 0.987. The van der Waals surface area contributed by atoms with Crippen molar-refractivity contribution in [1.29, 1.82) is 0 Å². The monoisotopic (exact) mass is 180 g/mol. The van der Waals surface area contributed by atoms with Crippen LogP contribution in [0.1, 0.15) is 5.56 Å². The van der Waals surface area contributed by atoms with Crippen LogP contribution in [-0.4, -0.2) is 23.4 Å². The summed E-state index contributed by atoms with van der Waals surface area (Å²) in [5.41, 5.74) is 1.37. The molecule has 0 saturated carbocycles. The minimum absolute atomic E-state index is 0.433. The minimum atomic E-state index is -1.49. The van der Waals surface area contributed by atoms with Crippen molar-refractivity contribution in [3.8, 4) is 0 Å². The maximum absolute atomic E-state index is 10.1. The first-order valence-corrected chi connectivity index (χ1v) is 3.74. The lowest BCUT2D eigenvalue weighted by Gasteiger charge is -2.04. The van der Waals surface area contributed by atoms with Crippen LogP contribution in [0, 0.1) is 6.92 Å². The van der Waals surface area contributed by atoms with Crippen LogP contribution in [0.3, 0.4) is 0 Å². The SMILES string of the molecule is Cc1cccc(B(O)OC(=O)O)c1. The predicted molar refractivity (Wildman–Crippen MR) is 47.9 cm³/mol. The van der Waals surface area contributed by atoms with Gasteiger partial charge in [0.25, 0.3) is 0 Å². The number of benzene rings is 1. The second-order valence-electron chi connectivity index (χ2n) is 2.65. The van der Waals surface area contributed by atoms with E-state index in [0.29, 0.717) is 5.46 Å². The van der Waals surface area contributed by atoms with E-state index in [-0.39, 0.29) is 0 Å². The zero-order valence-electron chi connectivity index (χ0n) is 7.10. The summed E-state index contributed by atoms with van der Waals surface area (Å²) in [5.74, 6) is 0. The third-order valence-electron chi connectivity index (χ3n) is 1.54. The normalized spacial score (nSPS) is 9.38. The number of carbonyl (C=O) groups is 1. The van der Waals surface area contributed by atoms with Gasteiger partial charge in [0.2, 0.25) is 0 Å². The molecule has 0 saturated heterocycles. The number of rotatable bonds is 2. The highest BCUT2D eigenvalue weighted by atomic mass is 16.7. The molecule has 0 spiro atoms. The van der Waals surface area contributed by atoms with Crippen LogP contribution in [0.25, 0.3) is 0 Å². The molecule has 1 aromatic carbocycles. The molecule has 0 aliphatic rings. The quantitative estimate of drug-likeness (QED) is 0.645. The Kier molecular flexibility index (Phi) is 2.92. The van der Waals surface area contributed by atoms with Crippen molar-refractivity contribution in [2.24, 2.45) is 0 Å². The van der Waals surface area contributed by atoms with E-state index >= 15 is 0 Å². The standard InChI is InChI=1S/C8H9BO4/c1-6-3-2-4-7(5-6)9(12)13-8(10)11/h2-5,12H,1H3,(H,10,11). The van der Waals surface area contributed by atoms with Gasteiger partial charge in [0.15, 0.2) is 0 Å². The van der Waals surface area contributed by atoms with Gasteiger partial charge in [0.1, 0.15) is 0 Å². The van der Waals surface area contributed by atoms with E-state index in [9.17, 15) is 9.82 Å². The first-order valence-electron chi connectivity index (χ1n) is 3.74. The van der Waals surface area contributed by atoms with Crippen molar-refractivity contribution in [3.05, 3.63) is 29.8 Å². The smallest absolute Gasteiger partial charge is 0.473 e. The van der Waals surface area contributed by atoms with Gasteiger partial charge in [-0.3, -0.25) is 0 Å². The maximum atomic E-state index is 10.1. The molecule has 0 radical (unpaired) electrons. The summed E-state index contributed by atoms with van der Waals surface area (Å²) >= 11 is 0. The zero-order valence-corrected chi connectivity index (χ0v) is 7.10. The highest BCUT2D eigenvalue weighted by Crippen LogP contribution is 1.95. The molecular formula is C8H9BO4. The van der Waals surface area contributed by atoms with Gasteiger partial charge in [-0.15, -0.1) is 0 Å². The topological polar surface area (TPSA) is 66.8 Å². The van der Waals surface area contributed by atoms with E-state index in [1.807, 2.05) is 13.0 Å². The lowest BCUT2D eigenvalue weighted by molar-refractivity contribution is 0.137. The Bertz CT molecular complexity index is 313. The molecule has 4 nitrogen and oxygen atoms in total. The Morgan fingerprint density at radius 3 is 2.77 bits per heavy atom. The molecular weight excluding hydrogens is 171 g/mol. The lowest BCUT2D eigenvalue weighted by atomic mass is 9.79. The highest BCUT2D eigenvalue weighted by molar-refractivity contribution is 6.61. The van der Waals surface area contributed by atoms with Gasteiger partial charge in [-0.25, -0.2) is 4.79 Å². The van der Waals surface area contributed by atoms with E-state index < -0.39 is 13.3 Å². The van der Waals surface area contributed by atoms with Crippen LogP contribution in [0.2, 0.25) is 0 Å². The van der Waals surface area contributed by atoms with E-state index in [1.54, 1.807) is 18.2 Å². The Morgan fingerprint density at radius 1 is 1.54 bits per heavy atom. The third-order valence-corrected chi connectivity index (χ3v) is 1.54. The fourth-order valence-electron chi connectivity index (χ4n) is 0.987. The molecule has 0 unspecified atom stereocenters. The number of hydrogen-bond donors (Lipinski definition) is 2. The first kappa shape index (κ1) is 9.60. The van der Waals surface area contributed by atoms with Gasteiger partial charge in [-0.1, -0.05) is 29.8 Å². The van der Waals surface area contributed by atoms with Gasteiger partial charge in [0.05, 0.1) is 0 Å². The van der Waals surface area contributed by atoms with Crippen LogP contribution in [0.4, 0.5) is 4.79 Å². The summed E-state index contributed by atoms with van der Waals surface area (Å²) in [7, 11) is -1.41. The molecule has 13 heavy (non-hydrogen) atoms. The second kappa shape index (κ2) is 3.95. The molecule has 68 valence electrons. The number of carboxylic acid groups (broad SMARTS) is 1. The molecule has 5 heteroatoms. The van der Waals surface area contributed by atoms with E-state index in [2.05, 4.69) is 4.65 Å². The molecule has 2 N–H and O–H groups in total. The van der Waals surface area contributed by atoms with Crippen LogP contribution in [0.5, 0.6) is 0 Å². The van der Waals surface area contributed by atoms with E-state index in [1.165, 1.54) is 0 Å². The molecule has 0 aliphatic carbocycles. The Labute approximate surface area is 75.9 Å². The largest absolute Gasteiger partial charge is 0.564 e. The first-order chi connectivity index (χ1) is 6.09. The van der Waals surface area contributed by atoms with Crippen LogP contribution in [-0.2, 0) is 4.65 Å². The van der Waals surface area contributed by atoms with Crippen molar-refractivity contribution >= 4 is 18.7 Å². The van der Waals surface area contributed by atoms with Gasteiger partial charge >= 0.3 is 13.3 Å². The summed E-state index contributed by atoms with van der Waals surface area (Å²) in [6, 6.07) is 6.82. The van der Waals surface area contributed by atoms with E-state index in [0.717, 1.165) is 5.56 Å². The van der Waals surface area contributed by atoms with Crippen molar-refractivity contribution in [1.82, 2.24) is 0 Å². The van der Waals surface area contributed by atoms with Gasteiger partial charge < -0.3 is 14.8 Å². The fraction of sp³-hybridized carbons (Fsp3) is 0.125. The predicted octanol–water partition coefficient (Wildman–Crippen LogP) is 0.377. The van der Waals surface area contributed by atoms with Crippen molar-refractivity contribution < 1.29 is 19.6 Å². The Balaban J connectivity index is 2.76. The summed E-state index contributed by atoms with van der Waals surface area (Å²) < 4.78 is 4.16. The van der Waals surface area contributed by atoms with Crippen LogP contribution >= 0.6 is 0 Å². The Hall–Kier alpha value is -1.49. The summed E-state index contributed by atoms with van der Waals surface area (Å²) in [5, 5.41) is 17.4. The van der Waals surface area contributed by atoms with E-state index in [4.69, 9.17) is 5.11 Å². The Morgan fingerprint density at radius 2 is 2.23 bits per heavy atom. The lowest BCUT2D eigenvalue weighted by Crippen LogP contribution is -2.35. The van der Waals surface area contributed by atoms with Crippen molar-refractivity contribution in [3.63, 3.8) is 0 Å². The zero-order chi connectivity index (χ0) is 9.84. The minimum Gasteiger partial charge on any atom is -0.473 e. The summed E-state index contributed by atoms with van der Waals surface area (Å²) in [6.07, 6.45) is -1.49. The average Bonchev–Trinajstić information content (AvgIpc) is 2.03. The molecule has 0 atom stereocenters. The van der Waals surface area contributed by atoms with Gasteiger partial charge in [0, 0.05) is 0 Å². The molecule has 1 aromatic rings. The molecule has 0 heterocycles. The molecule has 0 amide bonds. The highest BCUT2D eigenvalue weighted by Gasteiger charge is 2.20. The third kappa shape index (κ3) is 2.80. The van der Waals surface area contributed by atoms with Crippen LogP contribution in [0.15, 0.2) is 24.3 Å². The molecule has 0 bridgehead atoms. The van der Waals surface area contributed by atoms with Crippen molar-refractivity contribution in [2.75, 3.05) is 0 Å². The molecule has 0 aromatic heterocycles. The maximum Gasteiger partial charge on any atom is 0.564 e. The van der Waals surface area contributed by atoms with Gasteiger partial charge in [-0.05, 0) is 12.4 Å². The molecule has 0 fully saturated rings.